The Labute approximate surface area is 527 Å². The molecule has 24 heteroatoms. The number of ether oxygens (including phenoxy) is 5. The number of nitrogens with zero attached hydrogens (tertiary/aromatic N) is 6. The summed E-state index contributed by atoms with van der Waals surface area (Å²) in [6, 6.07) is 17.6. The highest BCUT2D eigenvalue weighted by Gasteiger charge is 2.45. The van der Waals surface area contributed by atoms with E-state index in [0.29, 0.717) is 59.9 Å². The lowest BCUT2D eigenvalue weighted by molar-refractivity contribution is -0.144. The van der Waals surface area contributed by atoms with E-state index in [1.165, 1.54) is 11.0 Å². The Morgan fingerprint density at radius 1 is 0.865 bits per heavy atom. The molecule has 0 saturated carbocycles. The summed E-state index contributed by atoms with van der Waals surface area (Å²) in [5.41, 5.74) is 4.34. The highest BCUT2D eigenvalue weighted by molar-refractivity contribution is 7.13. The number of halogens is 2. The number of fused-ring (bicyclic) bond motifs is 2. The number of benzene rings is 4. The summed E-state index contributed by atoms with van der Waals surface area (Å²) in [7, 11) is 1.67. The number of piperidine rings is 1. The number of aromatic nitrogens is 3. The first-order valence-electron chi connectivity index (χ1n) is 30.1. The molecule has 5 N–H and O–H groups in total. The van der Waals surface area contributed by atoms with Crippen LogP contribution in [0.4, 0.5) is 15.1 Å². The molecule has 8 rings (SSSR count). The molecule has 6 aromatic rings. The van der Waals surface area contributed by atoms with Gasteiger partial charge in [0.15, 0.2) is 5.82 Å². The van der Waals surface area contributed by atoms with Crippen molar-refractivity contribution in [1.29, 1.82) is 0 Å². The van der Waals surface area contributed by atoms with Crippen LogP contribution in [0.25, 0.3) is 43.2 Å². The number of rotatable bonds is 26. The topological polar surface area (TPSA) is 256 Å². The average Bonchev–Trinajstić information content (AvgIpc) is 1.45. The number of carbonyl (C=O) groups excluding carboxylic acids is 5. The monoisotopic (exact) mass is 1270 g/mol. The lowest BCUT2D eigenvalue weighted by Gasteiger charge is -2.35. The van der Waals surface area contributed by atoms with Gasteiger partial charge in [-0.2, -0.15) is 0 Å². The first-order chi connectivity index (χ1) is 42.4. The molecule has 21 nitrogen and oxygen atoms in total. The van der Waals surface area contributed by atoms with Gasteiger partial charge in [0.1, 0.15) is 35.6 Å². The third-order valence-electron chi connectivity index (χ3n) is 15.6. The van der Waals surface area contributed by atoms with Crippen molar-refractivity contribution in [2.45, 2.75) is 117 Å². The van der Waals surface area contributed by atoms with Crippen LogP contribution in [0.2, 0.25) is 5.02 Å². The van der Waals surface area contributed by atoms with Crippen LogP contribution in [0.3, 0.4) is 0 Å². The molecule has 89 heavy (non-hydrogen) atoms. The second-order valence-electron chi connectivity index (χ2n) is 24.6. The van der Waals surface area contributed by atoms with E-state index in [0.717, 1.165) is 21.7 Å². The molecule has 2 aliphatic heterocycles. The van der Waals surface area contributed by atoms with Gasteiger partial charge in [0.25, 0.3) is 0 Å². The van der Waals surface area contributed by atoms with Crippen LogP contribution in [0.1, 0.15) is 103 Å². The molecule has 4 atom stereocenters. The molecule has 2 fully saturated rings. The lowest BCUT2D eigenvalue weighted by Crippen LogP contribution is -2.58. The number of phenols is 1. The second-order valence-corrected chi connectivity index (χ2v) is 25.9. The van der Waals surface area contributed by atoms with E-state index in [2.05, 4.69) is 25.9 Å². The molecule has 2 saturated heterocycles. The maximum atomic E-state index is 17.1. The summed E-state index contributed by atoms with van der Waals surface area (Å²) < 4.78 is 45.2. The molecule has 0 radical (unpaired) electrons. The van der Waals surface area contributed by atoms with Crippen LogP contribution in [0.15, 0.2) is 72.2 Å². The molecule has 0 bridgehead atoms. The highest BCUT2D eigenvalue weighted by atomic mass is 35.5. The van der Waals surface area contributed by atoms with Crippen LogP contribution in [-0.4, -0.2) is 186 Å². The fourth-order valence-electron chi connectivity index (χ4n) is 10.9. The Hall–Kier alpha value is -7.12. The first-order valence-corrected chi connectivity index (χ1v) is 31.4. The molecule has 480 valence electrons. The van der Waals surface area contributed by atoms with Crippen LogP contribution in [0.5, 0.6) is 5.75 Å². The zero-order valence-corrected chi connectivity index (χ0v) is 53.7. The van der Waals surface area contributed by atoms with E-state index >= 15 is 4.39 Å². The molecular weight excluding hydrogens is 1190 g/mol. The van der Waals surface area contributed by atoms with E-state index in [1.54, 1.807) is 45.8 Å². The third-order valence-corrected chi connectivity index (χ3v) is 16.9. The van der Waals surface area contributed by atoms with Crippen molar-refractivity contribution in [3.63, 3.8) is 0 Å². The summed E-state index contributed by atoms with van der Waals surface area (Å²) in [4.78, 5) is 86.6. The lowest BCUT2D eigenvalue weighted by atomic mass is 9.85. The maximum Gasteiger partial charge on any atom is 0.410 e. The van der Waals surface area contributed by atoms with Crippen molar-refractivity contribution < 1.29 is 62.3 Å². The molecule has 0 aliphatic carbocycles. The van der Waals surface area contributed by atoms with Crippen LogP contribution in [0, 0.1) is 18.2 Å². The summed E-state index contributed by atoms with van der Waals surface area (Å²) in [5.74, 6) is -2.35. The van der Waals surface area contributed by atoms with Crippen LogP contribution >= 0.6 is 22.9 Å². The minimum atomic E-state index is -1.01. The number of aryl methyl sites for hydroxylation is 1. The number of aliphatic hydroxyl groups excluding tert-OH is 1. The Morgan fingerprint density at radius 3 is 2.18 bits per heavy atom. The predicted octanol–water partition coefficient (Wildman–Crippen LogP) is 9.19. The number of β-amino-alcohol motifs (C(OH)–C–C–N with tert-alkyl or cyclic N) is 1. The number of hydrogen-bond donors (Lipinski definition) is 5. The van der Waals surface area contributed by atoms with Gasteiger partial charge in [0.05, 0.1) is 85.2 Å². The van der Waals surface area contributed by atoms with E-state index in [9.17, 15) is 34.2 Å². The van der Waals surface area contributed by atoms with Crippen molar-refractivity contribution in [3.8, 4) is 27.3 Å². The number of amides is 5. The fraction of sp³-hybridized carbons (Fsp3) is 0.508. The van der Waals surface area contributed by atoms with Gasteiger partial charge >= 0.3 is 6.09 Å². The van der Waals surface area contributed by atoms with E-state index in [4.69, 9.17) is 40.3 Å². The zero-order valence-electron chi connectivity index (χ0n) is 52.2. The Morgan fingerprint density at radius 2 is 1.53 bits per heavy atom. The Bertz CT molecular complexity index is 3440. The number of thiazole rings is 1. The Balaban J connectivity index is 0.723. The van der Waals surface area contributed by atoms with Crippen molar-refractivity contribution in [2.75, 3.05) is 97.9 Å². The molecule has 2 aliphatic rings. The van der Waals surface area contributed by atoms with Gasteiger partial charge in [-0.15, -0.1) is 11.3 Å². The number of aliphatic hydroxyl groups is 1. The van der Waals surface area contributed by atoms with Gasteiger partial charge in [-0.3, -0.25) is 19.2 Å². The minimum Gasteiger partial charge on any atom is -0.508 e. The largest absolute Gasteiger partial charge is 0.508 e. The number of hydrogen-bond acceptors (Lipinski definition) is 17. The summed E-state index contributed by atoms with van der Waals surface area (Å²) in [6.07, 6.45) is -0.120. The van der Waals surface area contributed by atoms with E-state index < -0.39 is 58.8 Å². The van der Waals surface area contributed by atoms with Crippen molar-refractivity contribution in [2.24, 2.45) is 5.41 Å². The first kappa shape index (κ1) is 67.8. The highest BCUT2D eigenvalue weighted by Crippen LogP contribution is 2.43. The van der Waals surface area contributed by atoms with Gasteiger partial charge in [0.2, 0.25) is 29.6 Å². The van der Waals surface area contributed by atoms with Gasteiger partial charge in [-0.05, 0) is 98.5 Å². The average molecular weight is 1270 g/mol. The number of likely N-dealkylation sites (N-methyl/N-ethyl adjacent to an activating group) is 1. The number of carbonyl (C=O) groups is 5. The van der Waals surface area contributed by atoms with Crippen molar-refractivity contribution >= 4 is 80.3 Å². The standard InChI is InChI=1S/C65H83ClFN9O12S/c1-39(41-14-16-43(17-15-41)58-40(2)69-38-89-58)70-60(81)51-34-46(78)36-76(51)61(82)59(64(3,4)5)71-52(79)37-87-31-30-86-29-28-85-27-26-84-25-24-74(9)53(80)18-21-68-62-72-56(42-19-22-75(23-20-42)63(83)88-65(6,7)8)49-35-50(66)54(55(67)57(49)73-62)48-33-45(77)32-44-12-10-11-13-47(44)48/h10-17,32-33,35,38-39,42,46,51,59,77-78H,18-31,34,36-37H2,1-9H3,(H,70,81)(H,71,79)(H,68,72,73)/t39-,46+,51-,59+/m0/s1. The third kappa shape index (κ3) is 18.1. The van der Waals surface area contributed by atoms with E-state index in [-0.39, 0.29) is 124 Å². The minimum absolute atomic E-state index is 0.0244. The number of likely N-dealkylation sites (tertiary alicyclic amines) is 2. The number of anilines is 1. The van der Waals surface area contributed by atoms with Crippen molar-refractivity contribution in [1.82, 2.24) is 40.3 Å². The van der Waals surface area contributed by atoms with Gasteiger partial charge in [0, 0.05) is 69.5 Å². The second kappa shape index (κ2) is 30.6. The molecule has 4 aromatic carbocycles. The van der Waals surface area contributed by atoms with Crippen LogP contribution in [-0.2, 0) is 42.9 Å². The maximum absolute atomic E-state index is 17.1. The predicted molar refractivity (Wildman–Crippen MR) is 339 cm³/mol. The van der Waals surface area contributed by atoms with Gasteiger partial charge < -0.3 is 64.5 Å². The number of phenolic OH excluding ortho intramolecular Hbond substituents is 1. The molecule has 2 aromatic heterocycles. The van der Waals surface area contributed by atoms with Gasteiger partial charge in [-0.25, -0.2) is 24.1 Å². The molecule has 0 unspecified atom stereocenters. The SMILES string of the molecule is Cc1ncsc1-c1ccc([C@H](C)NC(=O)[C@@H]2C[C@@H](O)CN2C(=O)[C@@H](NC(=O)COCCOCCOCCOCCN(C)C(=O)CCNc2nc(C3CCN(C(=O)OC(C)(C)C)CC3)c3cc(Cl)c(-c4cc(O)cc5ccccc45)c(F)c3n2)C(C)(C)C)cc1. The zero-order chi connectivity index (χ0) is 64.2. The number of aromatic hydroxyl groups is 1. The Kier molecular flexibility index (Phi) is 23.3. The van der Waals surface area contributed by atoms with Gasteiger partial charge in [-0.1, -0.05) is 80.9 Å². The smallest absolute Gasteiger partial charge is 0.410 e. The summed E-state index contributed by atoms with van der Waals surface area (Å²) in [5, 5.41) is 32.2. The quantitative estimate of drug-likeness (QED) is 0.0317. The summed E-state index contributed by atoms with van der Waals surface area (Å²) in [6.45, 7) is 17.2. The van der Waals surface area contributed by atoms with Crippen LogP contribution < -0.4 is 16.0 Å². The van der Waals surface area contributed by atoms with E-state index in [1.807, 2.05) is 104 Å². The normalized spacial score (nSPS) is 16.4. The molecule has 0 spiro atoms. The molecule has 5 amide bonds. The summed E-state index contributed by atoms with van der Waals surface area (Å²) >= 11 is 8.50. The fourth-order valence-corrected chi connectivity index (χ4v) is 12.0. The molecular formula is C65H83ClFN9O12S. The number of nitrogens with one attached hydrogen (secondary N) is 3. The molecule has 4 heterocycles. The van der Waals surface area contributed by atoms with Crippen molar-refractivity contribution in [3.05, 3.63) is 100 Å².